The van der Waals surface area contributed by atoms with Crippen LogP contribution >= 0.6 is 12.2 Å². The highest BCUT2D eigenvalue weighted by Crippen LogP contribution is 2.32. The van der Waals surface area contributed by atoms with Crippen molar-refractivity contribution in [3.8, 4) is 5.75 Å². The molecule has 1 aromatic rings. The van der Waals surface area contributed by atoms with Gasteiger partial charge < -0.3 is 10.5 Å². The third-order valence-electron chi connectivity index (χ3n) is 3.07. The number of aryl methyl sites for hydroxylation is 1. The van der Waals surface area contributed by atoms with Gasteiger partial charge in [-0.1, -0.05) is 43.8 Å². The van der Waals surface area contributed by atoms with E-state index in [0.29, 0.717) is 4.99 Å². The van der Waals surface area contributed by atoms with Crippen LogP contribution in [0.3, 0.4) is 0 Å². The summed E-state index contributed by atoms with van der Waals surface area (Å²) >= 11 is 5.04. The first-order valence-corrected chi connectivity index (χ1v) is 5.82. The lowest BCUT2D eigenvalue weighted by Gasteiger charge is -2.21. The molecule has 0 aliphatic rings. The summed E-state index contributed by atoms with van der Waals surface area (Å²) in [5, 5.41) is 0. The molecule has 2 N–H and O–H groups in total. The van der Waals surface area contributed by atoms with Gasteiger partial charge in [0, 0.05) is 5.92 Å². The largest absolute Gasteiger partial charge is 0.496 e. The molecular formula is C13H19NOS. The molecule has 3 heteroatoms. The van der Waals surface area contributed by atoms with Crippen LogP contribution in [0, 0.1) is 12.8 Å². The minimum atomic E-state index is 0.172. The van der Waals surface area contributed by atoms with E-state index in [1.54, 1.807) is 7.11 Å². The Balaban J connectivity index is 3.10. The lowest BCUT2D eigenvalue weighted by molar-refractivity contribution is 0.403. The van der Waals surface area contributed by atoms with Gasteiger partial charge in [0.1, 0.15) is 5.75 Å². The predicted molar refractivity (Wildman–Crippen MR) is 72.1 cm³/mol. The SMILES string of the molecule is COc1ccc(C)cc1C(C)C(C)C(N)=S. The van der Waals surface area contributed by atoms with E-state index < -0.39 is 0 Å². The van der Waals surface area contributed by atoms with Crippen LogP contribution in [0.15, 0.2) is 18.2 Å². The van der Waals surface area contributed by atoms with Crippen LogP contribution in [0.25, 0.3) is 0 Å². The fourth-order valence-electron chi connectivity index (χ4n) is 1.73. The molecular weight excluding hydrogens is 218 g/mol. The number of thiocarbonyl (C=S) groups is 1. The second-order valence-corrected chi connectivity index (χ2v) is 4.70. The molecule has 0 amide bonds. The van der Waals surface area contributed by atoms with Crippen molar-refractivity contribution < 1.29 is 4.74 Å². The molecule has 0 heterocycles. The van der Waals surface area contributed by atoms with Crippen molar-refractivity contribution in [2.75, 3.05) is 7.11 Å². The molecule has 0 bridgehead atoms. The lowest BCUT2D eigenvalue weighted by atomic mass is 9.87. The predicted octanol–water partition coefficient (Wildman–Crippen LogP) is 3.03. The molecule has 0 aliphatic carbocycles. The van der Waals surface area contributed by atoms with E-state index in [2.05, 4.69) is 26.8 Å². The lowest BCUT2D eigenvalue weighted by Crippen LogP contribution is -2.23. The number of nitrogens with two attached hydrogens (primary N) is 1. The molecule has 0 saturated carbocycles. The Kier molecular flexibility index (Phi) is 4.30. The number of methoxy groups -OCH3 is 1. The summed E-state index contributed by atoms with van der Waals surface area (Å²) in [6.45, 7) is 6.25. The summed E-state index contributed by atoms with van der Waals surface area (Å²) < 4.78 is 5.37. The number of rotatable bonds is 4. The Labute approximate surface area is 103 Å². The van der Waals surface area contributed by atoms with E-state index in [9.17, 15) is 0 Å². The van der Waals surface area contributed by atoms with E-state index >= 15 is 0 Å². The van der Waals surface area contributed by atoms with Crippen LogP contribution in [0.1, 0.15) is 30.9 Å². The Morgan fingerprint density at radius 3 is 2.50 bits per heavy atom. The first kappa shape index (κ1) is 13.0. The molecule has 0 fully saturated rings. The Bertz CT molecular complexity index is 390. The van der Waals surface area contributed by atoms with Gasteiger partial charge in [0.15, 0.2) is 0 Å². The van der Waals surface area contributed by atoms with E-state index in [1.807, 2.05) is 12.1 Å². The number of hydrogen-bond acceptors (Lipinski definition) is 2. The smallest absolute Gasteiger partial charge is 0.122 e. The number of ether oxygens (including phenoxy) is 1. The third-order valence-corrected chi connectivity index (χ3v) is 3.45. The summed E-state index contributed by atoms with van der Waals surface area (Å²) in [5.41, 5.74) is 8.08. The summed E-state index contributed by atoms with van der Waals surface area (Å²) in [7, 11) is 1.69. The zero-order chi connectivity index (χ0) is 12.3. The molecule has 2 atom stereocenters. The standard InChI is InChI=1S/C13H19NOS/c1-8-5-6-12(15-4)11(7-8)9(2)10(3)13(14)16/h5-7,9-10H,1-4H3,(H2,14,16). The highest BCUT2D eigenvalue weighted by atomic mass is 32.1. The minimum Gasteiger partial charge on any atom is -0.496 e. The maximum Gasteiger partial charge on any atom is 0.122 e. The molecule has 0 radical (unpaired) electrons. The van der Waals surface area contributed by atoms with Gasteiger partial charge in [-0.3, -0.25) is 0 Å². The highest BCUT2D eigenvalue weighted by Gasteiger charge is 2.20. The third kappa shape index (κ3) is 2.73. The van der Waals surface area contributed by atoms with Gasteiger partial charge in [-0.05, 0) is 24.5 Å². The second-order valence-electron chi connectivity index (χ2n) is 4.23. The fraction of sp³-hybridized carbons (Fsp3) is 0.462. The van der Waals surface area contributed by atoms with Crippen LogP contribution < -0.4 is 10.5 Å². The molecule has 16 heavy (non-hydrogen) atoms. The summed E-state index contributed by atoms with van der Waals surface area (Å²) in [6, 6.07) is 6.17. The summed E-state index contributed by atoms with van der Waals surface area (Å²) in [4.78, 5) is 0.552. The fourth-order valence-corrected chi connectivity index (χ4v) is 1.93. The zero-order valence-electron chi connectivity index (χ0n) is 10.3. The van der Waals surface area contributed by atoms with Gasteiger partial charge in [0.2, 0.25) is 0 Å². The monoisotopic (exact) mass is 237 g/mol. The number of benzene rings is 1. The second kappa shape index (κ2) is 5.30. The maximum atomic E-state index is 5.69. The molecule has 0 aromatic heterocycles. The Morgan fingerprint density at radius 1 is 1.38 bits per heavy atom. The van der Waals surface area contributed by atoms with E-state index in [-0.39, 0.29) is 11.8 Å². The zero-order valence-corrected chi connectivity index (χ0v) is 11.1. The van der Waals surface area contributed by atoms with Crippen molar-refractivity contribution >= 4 is 17.2 Å². The highest BCUT2D eigenvalue weighted by molar-refractivity contribution is 7.80. The molecule has 2 nitrogen and oxygen atoms in total. The van der Waals surface area contributed by atoms with E-state index in [4.69, 9.17) is 22.7 Å². The van der Waals surface area contributed by atoms with Crippen molar-refractivity contribution in [1.82, 2.24) is 0 Å². The van der Waals surface area contributed by atoms with Crippen LogP contribution in [0.4, 0.5) is 0 Å². The molecule has 1 rings (SSSR count). The average molecular weight is 237 g/mol. The van der Waals surface area contributed by atoms with Crippen molar-refractivity contribution in [3.05, 3.63) is 29.3 Å². The topological polar surface area (TPSA) is 35.2 Å². The molecule has 1 aromatic carbocycles. The van der Waals surface area contributed by atoms with Crippen LogP contribution in [-0.2, 0) is 0 Å². The molecule has 88 valence electrons. The van der Waals surface area contributed by atoms with Gasteiger partial charge in [-0.15, -0.1) is 0 Å². The normalized spacial score (nSPS) is 14.2. The first-order valence-electron chi connectivity index (χ1n) is 5.41. The van der Waals surface area contributed by atoms with Crippen LogP contribution in [0.5, 0.6) is 5.75 Å². The first-order chi connectivity index (χ1) is 7.47. The van der Waals surface area contributed by atoms with Gasteiger partial charge in [-0.25, -0.2) is 0 Å². The summed E-state index contributed by atoms with van der Waals surface area (Å²) in [5.74, 6) is 1.35. The quantitative estimate of drug-likeness (QED) is 0.818. The van der Waals surface area contributed by atoms with Crippen molar-refractivity contribution in [2.24, 2.45) is 11.7 Å². The molecule has 2 unspecified atom stereocenters. The van der Waals surface area contributed by atoms with Gasteiger partial charge in [-0.2, -0.15) is 0 Å². The molecule has 0 aliphatic heterocycles. The van der Waals surface area contributed by atoms with Crippen molar-refractivity contribution in [1.29, 1.82) is 0 Å². The average Bonchev–Trinajstić information content (AvgIpc) is 2.26. The number of hydrogen-bond donors (Lipinski definition) is 1. The van der Waals surface area contributed by atoms with Crippen molar-refractivity contribution in [2.45, 2.75) is 26.7 Å². The van der Waals surface area contributed by atoms with E-state index in [0.717, 1.165) is 5.75 Å². The minimum absolute atomic E-state index is 0.172. The Hall–Kier alpha value is -1.09. The van der Waals surface area contributed by atoms with Crippen LogP contribution in [-0.4, -0.2) is 12.1 Å². The van der Waals surface area contributed by atoms with Crippen molar-refractivity contribution in [3.63, 3.8) is 0 Å². The van der Waals surface area contributed by atoms with E-state index in [1.165, 1.54) is 11.1 Å². The molecule has 0 saturated heterocycles. The summed E-state index contributed by atoms with van der Waals surface area (Å²) in [6.07, 6.45) is 0. The van der Waals surface area contributed by atoms with Gasteiger partial charge in [0.25, 0.3) is 0 Å². The van der Waals surface area contributed by atoms with Gasteiger partial charge in [0.05, 0.1) is 12.1 Å². The van der Waals surface area contributed by atoms with Crippen LogP contribution in [0.2, 0.25) is 0 Å². The van der Waals surface area contributed by atoms with Gasteiger partial charge >= 0.3 is 0 Å². The maximum absolute atomic E-state index is 5.69. The Morgan fingerprint density at radius 2 is 2.00 bits per heavy atom. The molecule has 0 spiro atoms.